The van der Waals surface area contributed by atoms with Crippen LogP contribution in [0.4, 0.5) is 11.4 Å². The van der Waals surface area contributed by atoms with Crippen molar-refractivity contribution in [1.29, 1.82) is 0 Å². The summed E-state index contributed by atoms with van der Waals surface area (Å²) in [7, 11) is 0. The first-order valence-electron chi connectivity index (χ1n) is 8.28. The third-order valence-corrected chi connectivity index (χ3v) is 3.57. The second kappa shape index (κ2) is 8.39. The van der Waals surface area contributed by atoms with Crippen LogP contribution in [0.2, 0.25) is 0 Å². The number of carbonyl (C=O) groups excluding carboxylic acids is 1. The SMILES string of the molecule is Cc1ccc(C)c(NCC(=O)Nc2ccccc2OCC(C)C)c1. The highest BCUT2D eigenvalue weighted by molar-refractivity contribution is 5.95. The van der Waals surface area contributed by atoms with E-state index in [2.05, 4.69) is 30.5 Å². The summed E-state index contributed by atoms with van der Waals surface area (Å²) in [6, 6.07) is 13.7. The second-order valence-corrected chi connectivity index (χ2v) is 6.42. The fourth-order valence-corrected chi connectivity index (χ4v) is 2.25. The number of nitrogens with one attached hydrogen (secondary N) is 2. The van der Waals surface area contributed by atoms with Crippen molar-refractivity contribution in [1.82, 2.24) is 0 Å². The molecule has 0 fully saturated rings. The molecule has 0 aromatic heterocycles. The van der Waals surface area contributed by atoms with Gasteiger partial charge in [-0.1, -0.05) is 38.1 Å². The standard InChI is InChI=1S/C20H26N2O2/c1-14(2)13-24-19-8-6-5-7-17(19)22-20(23)12-21-18-11-15(3)9-10-16(18)4/h5-11,14,21H,12-13H2,1-4H3,(H,22,23). The Morgan fingerprint density at radius 2 is 1.83 bits per heavy atom. The highest BCUT2D eigenvalue weighted by atomic mass is 16.5. The van der Waals surface area contributed by atoms with Crippen molar-refractivity contribution in [3.8, 4) is 5.75 Å². The molecule has 2 aromatic rings. The van der Waals surface area contributed by atoms with Gasteiger partial charge < -0.3 is 15.4 Å². The van der Waals surface area contributed by atoms with Gasteiger partial charge in [-0.25, -0.2) is 0 Å². The van der Waals surface area contributed by atoms with Crippen molar-refractivity contribution < 1.29 is 9.53 Å². The molecule has 2 aromatic carbocycles. The number of hydrogen-bond donors (Lipinski definition) is 2. The van der Waals surface area contributed by atoms with Crippen LogP contribution in [0.3, 0.4) is 0 Å². The van der Waals surface area contributed by atoms with Crippen molar-refractivity contribution in [3.05, 3.63) is 53.6 Å². The summed E-state index contributed by atoms with van der Waals surface area (Å²) in [6.45, 7) is 9.07. The molecule has 4 heteroatoms. The van der Waals surface area contributed by atoms with Crippen LogP contribution >= 0.6 is 0 Å². The average molecular weight is 326 g/mol. The minimum Gasteiger partial charge on any atom is -0.491 e. The molecular weight excluding hydrogens is 300 g/mol. The van der Waals surface area contributed by atoms with Crippen molar-refractivity contribution in [3.63, 3.8) is 0 Å². The molecule has 0 bridgehead atoms. The van der Waals surface area contributed by atoms with Gasteiger partial charge in [-0.2, -0.15) is 0 Å². The zero-order valence-corrected chi connectivity index (χ0v) is 14.8. The molecule has 2 N–H and O–H groups in total. The topological polar surface area (TPSA) is 50.4 Å². The van der Waals surface area contributed by atoms with E-state index >= 15 is 0 Å². The van der Waals surface area contributed by atoms with Crippen LogP contribution in [0.15, 0.2) is 42.5 Å². The van der Waals surface area contributed by atoms with E-state index in [1.807, 2.05) is 50.2 Å². The fraction of sp³-hybridized carbons (Fsp3) is 0.350. The van der Waals surface area contributed by atoms with Gasteiger partial charge >= 0.3 is 0 Å². The lowest BCUT2D eigenvalue weighted by molar-refractivity contribution is -0.114. The van der Waals surface area contributed by atoms with Gasteiger partial charge in [0.05, 0.1) is 18.8 Å². The minimum atomic E-state index is -0.100. The summed E-state index contributed by atoms with van der Waals surface area (Å²) in [5.41, 5.74) is 3.96. The Hall–Kier alpha value is -2.49. The van der Waals surface area contributed by atoms with Gasteiger partial charge in [0.2, 0.25) is 5.91 Å². The second-order valence-electron chi connectivity index (χ2n) is 6.42. The number of rotatable bonds is 7. The molecule has 1 amide bonds. The van der Waals surface area contributed by atoms with E-state index in [1.165, 1.54) is 0 Å². The van der Waals surface area contributed by atoms with Gasteiger partial charge in [-0.05, 0) is 49.1 Å². The molecule has 128 valence electrons. The Balaban J connectivity index is 1.96. The maximum atomic E-state index is 12.2. The molecule has 0 aliphatic heterocycles. The summed E-state index contributed by atoms with van der Waals surface area (Å²) in [6.07, 6.45) is 0. The number of amides is 1. The molecule has 0 saturated heterocycles. The fourth-order valence-electron chi connectivity index (χ4n) is 2.25. The van der Waals surface area contributed by atoms with Gasteiger partial charge in [0.25, 0.3) is 0 Å². The number of hydrogen-bond acceptors (Lipinski definition) is 3. The van der Waals surface area contributed by atoms with Crippen LogP contribution in [0.5, 0.6) is 5.75 Å². The highest BCUT2D eigenvalue weighted by Crippen LogP contribution is 2.24. The van der Waals surface area contributed by atoms with Gasteiger partial charge in [-0.3, -0.25) is 4.79 Å². The maximum absolute atomic E-state index is 12.2. The number of anilines is 2. The van der Waals surface area contributed by atoms with E-state index in [-0.39, 0.29) is 12.5 Å². The van der Waals surface area contributed by atoms with E-state index < -0.39 is 0 Å². The highest BCUT2D eigenvalue weighted by Gasteiger charge is 2.09. The van der Waals surface area contributed by atoms with Crippen molar-refractivity contribution in [2.24, 2.45) is 5.92 Å². The Morgan fingerprint density at radius 1 is 1.08 bits per heavy atom. The van der Waals surface area contributed by atoms with Gasteiger partial charge in [0.1, 0.15) is 5.75 Å². The van der Waals surface area contributed by atoms with Crippen LogP contribution in [-0.4, -0.2) is 19.1 Å². The monoisotopic (exact) mass is 326 g/mol. The van der Waals surface area contributed by atoms with Crippen LogP contribution in [0.1, 0.15) is 25.0 Å². The molecule has 0 saturated carbocycles. The Morgan fingerprint density at radius 3 is 2.58 bits per heavy atom. The van der Waals surface area contributed by atoms with E-state index in [9.17, 15) is 4.79 Å². The molecule has 0 aliphatic carbocycles. The third kappa shape index (κ3) is 5.30. The maximum Gasteiger partial charge on any atom is 0.243 e. The van der Waals surface area contributed by atoms with Gasteiger partial charge in [0, 0.05) is 5.69 Å². The Bertz CT molecular complexity index is 696. The molecule has 0 atom stereocenters. The largest absolute Gasteiger partial charge is 0.491 e. The van der Waals surface area contributed by atoms with Crippen molar-refractivity contribution in [2.75, 3.05) is 23.8 Å². The molecule has 4 nitrogen and oxygen atoms in total. The first-order chi connectivity index (χ1) is 11.5. The summed E-state index contributed by atoms with van der Waals surface area (Å²) in [5.74, 6) is 1.03. The van der Waals surface area contributed by atoms with Crippen LogP contribution in [0, 0.1) is 19.8 Å². The van der Waals surface area contributed by atoms with E-state index in [1.54, 1.807) is 0 Å². The number of para-hydroxylation sites is 2. The predicted octanol–water partition coefficient (Wildman–Crippen LogP) is 4.39. The Labute approximate surface area is 144 Å². The number of carbonyl (C=O) groups is 1. The van der Waals surface area contributed by atoms with Crippen molar-refractivity contribution >= 4 is 17.3 Å². The molecule has 0 spiro atoms. The molecule has 24 heavy (non-hydrogen) atoms. The number of benzene rings is 2. The van der Waals surface area contributed by atoms with E-state index in [0.29, 0.717) is 24.0 Å². The number of aryl methyl sites for hydroxylation is 2. The lowest BCUT2D eigenvalue weighted by Gasteiger charge is -2.15. The van der Waals surface area contributed by atoms with Gasteiger partial charge in [-0.15, -0.1) is 0 Å². The van der Waals surface area contributed by atoms with Crippen LogP contribution in [-0.2, 0) is 4.79 Å². The van der Waals surface area contributed by atoms with Crippen LogP contribution in [0.25, 0.3) is 0 Å². The molecular formula is C20H26N2O2. The lowest BCUT2D eigenvalue weighted by atomic mass is 10.1. The zero-order valence-electron chi connectivity index (χ0n) is 14.8. The van der Waals surface area contributed by atoms with E-state index in [4.69, 9.17) is 4.74 Å². The smallest absolute Gasteiger partial charge is 0.243 e. The average Bonchev–Trinajstić information content (AvgIpc) is 2.55. The lowest BCUT2D eigenvalue weighted by Crippen LogP contribution is -2.22. The summed E-state index contributed by atoms with van der Waals surface area (Å²) in [4.78, 5) is 12.2. The van der Waals surface area contributed by atoms with E-state index in [0.717, 1.165) is 16.8 Å². The first kappa shape index (κ1) is 17.9. The quantitative estimate of drug-likeness (QED) is 0.793. The van der Waals surface area contributed by atoms with Crippen LogP contribution < -0.4 is 15.4 Å². The zero-order chi connectivity index (χ0) is 17.5. The summed E-state index contributed by atoms with van der Waals surface area (Å²) in [5, 5.41) is 6.10. The van der Waals surface area contributed by atoms with Crippen molar-refractivity contribution in [2.45, 2.75) is 27.7 Å². The first-order valence-corrected chi connectivity index (χ1v) is 8.28. The molecule has 0 radical (unpaired) electrons. The predicted molar refractivity (Wildman–Crippen MR) is 99.8 cm³/mol. The molecule has 0 unspecified atom stereocenters. The normalized spacial score (nSPS) is 10.5. The number of ether oxygens (including phenoxy) is 1. The molecule has 2 rings (SSSR count). The van der Waals surface area contributed by atoms with Gasteiger partial charge in [0.15, 0.2) is 0 Å². The summed E-state index contributed by atoms with van der Waals surface area (Å²) < 4.78 is 5.76. The summed E-state index contributed by atoms with van der Waals surface area (Å²) >= 11 is 0. The minimum absolute atomic E-state index is 0.100. The molecule has 0 heterocycles. The Kier molecular flexibility index (Phi) is 6.24. The molecule has 0 aliphatic rings. The third-order valence-electron chi connectivity index (χ3n) is 3.57.